The number of aliphatic hydroxyl groups excluding tert-OH is 1. The maximum atomic E-state index is 13.2. The lowest BCUT2D eigenvalue weighted by Crippen LogP contribution is -2.00. The van der Waals surface area contributed by atoms with Crippen LogP contribution in [-0.2, 0) is 0 Å². The fourth-order valence-corrected chi connectivity index (χ4v) is 1.93. The van der Waals surface area contributed by atoms with Crippen molar-refractivity contribution in [3.8, 4) is 0 Å². The van der Waals surface area contributed by atoms with E-state index in [1.807, 2.05) is 0 Å². The summed E-state index contributed by atoms with van der Waals surface area (Å²) in [6, 6.07) is 10.7. The first-order valence-corrected chi connectivity index (χ1v) is 5.71. The van der Waals surface area contributed by atoms with Crippen molar-refractivity contribution < 1.29 is 9.50 Å². The van der Waals surface area contributed by atoms with Gasteiger partial charge in [-0.1, -0.05) is 35.3 Å². The Morgan fingerprint density at radius 1 is 0.882 bits per heavy atom. The van der Waals surface area contributed by atoms with Crippen LogP contribution in [0.4, 0.5) is 4.39 Å². The minimum atomic E-state index is -0.916. The zero-order valence-corrected chi connectivity index (χ0v) is 10.2. The maximum Gasteiger partial charge on any atom is 0.125 e. The van der Waals surface area contributed by atoms with Gasteiger partial charge >= 0.3 is 0 Å². The fraction of sp³-hybridized carbons (Fsp3) is 0.0769. The Balaban J connectivity index is 2.36. The number of halogens is 3. The summed E-state index contributed by atoms with van der Waals surface area (Å²) in [7, 11) is 0. The molecule has 0 fully saturated rings. The van der Waals surface area contributed by atoms with E-state index in [-0.39, 0.29) is 5.02 Å². The first-order chi connectivity index (χ1) is 8.06. The van der Waals surface area contributed by atoms with Crippen LogP contribution in [0.3, 0.4) is 0 Å². The predicted molar refractivity (Wildman–Crippen MR) is 66.9 cm³/mol. The Hall–Kier alpha value is -1.09. The van der Waals surface area contributed by atoms with Crippen LogP contribution in [0, 0.1) is 5.82 Å². The summed E-state index contributed by atoms with van der Waals surface area (Å²) in [4.78, 5) is 0. The highest BCUT2D eigenvalue weighted by atomic mass is 35.5. The van der Waals surface area contributed by atoms with Crippen molar-refractivity contribution in [2.24, 2.45) is 0 Å². The summed E-state index contributed by atoms with van der Waals surface area (Å²) in [5, 5.41) is 10.9. The predicted octanol–water partition coefficient (Wildman–Crippen LogP) is 4.21. The van der Waals surface area contributed by atoms with Gasteiger partial charge in [0.25, 0.3) is 0 Å². The second-order valence-electron chi connectivity index (χ2n) is 3.66. The lowest BCUT2D eigenvalue weighted by Gasteiger charge is -2.12. The molecule has 0 radical (unpaired) electrons. The van der Waals surface area contributed by atoms with E-state index in [1.54, 1.807) is 24.3 Å². The first kappa shape index (κ1) is 12.4. The van der Waals surface area contributed by atoms with Crippen LogP contribution in [0.25, 0.3) is 0 Å². The molecule has 1 N–H and O–H groups in total. The third kappa shape index (κ3) is 2.97. The molecule has 88 valence electrons. The van der Waals surface area contributed by atoms with Gasteiger partial charge in [0.2, 0.25) is 0 Å². The number of benzene rings is 2. The molecule has 0 bridgehead atoms. The van der Waals surface area contributed by atoms with E-state index in [4.69, 9.17) is 23.2 Å². The van der Waals surface area contributed by atoms with Crippen LogP contribution in [0.15, 0.2) is 42.5 Å². The monoisotopic (exact) mass is 270 g/mol. The molecule has 4 heteroatoms. The topological polar surface area (TPSA) is 20.2 Å². The highest BCUT2D eigenvalue weighted by molar-refractivity contribution is 6.30. The van der Waals surface area contributed by atoms with Gasteiger partial charge in [0.15, 0.2) is 0 Å². The van der Waals surface area contributed by atoms with Crippen LogP contribution in [0.5, 0.6) is 0 Å². The summed E-state index contributed by atoms with van der Waals surface area (Å²) in [5.41, 5.74) is 1.05. The SMILES string of the molecule is O[C@H](c1ccc(Cl)cc1)c1cc(F)cc(Cl)c1. The summed E-state index contributed by atoms with van der Waals surface area (Å²) < 4.78 is 13.2. The van der Waals surface area contributed by atoms with E-state index < -0.39 is 11.9 Å². The summed E-state index contributed by atoms with van der Waals surface area (Å²) >= 11 is 11.5. The van der Waals surface area contributed by atoms with E-state index in [2.05, 4.69) is 0 Å². The van der Waals surface area contributed by atoms with Crippen LogP contribution in [-0.4, -0.2) is 5.11 Å². The van der Waals surface area contributed by atoms with Crippen molar-refractivity contribution in [2.75, 3.05) is 0 Å². The van der Waals surface area contributed by atoms with Crippen molar-refractivity contribution in [3.05, 3.63) is 69.5 Å². The van der Waals surface area contributed by atoms with Crippen molar-refractivity contribution in [2.45, 2.75) is 6.10 Å². The second kappa shape index (κ2) is 5.05. The van der Waals surface area contributed by atoms with Gasteiger partial charge in [0.05, 0.1) is 0 Å². The molecule has 0 spiro atoms. The molecule has 0 aliphatic heterocycles. The van der Waals surface area contributed by atoms with Crippen LogP contribution < -0.4 is 0 Å². The minimum absolute atomic E-state index is 0.257. The van der Waals surface area contributed by atoms with Crippen molar-refractivity contribution in [3.63, 3.8) is 0 Å². The fourth-order valence-electron chi connectivity index (χ4n) is 1.57. The quantitative estimate of drug-likeness (QED) is 0.867. The molecule has 0 aromatic heterocycles. The van der Waals surface area contributed by atoms with Crippen molar-refractivity contribution in [1.29, 1.82) is 0 Å². The third-order valence-electron chi connectivity index (χ3n) is 2.39. The van der Waals surface area contributed by atoms with Crippen LogP contribution in [0.1, 0.15) is 17.2 Å². The minimum Gasteiger partial charge on any atom is -0.384 e. The molecule has 0 aliphatic carbocycles. The average Bonchev–Trinajstić information content (AvgIpc) is 2.28. The lowest BCUT2D eigenvalue weighted by atomic mass is 10.0. The molecule has 0 amide bonds. The molecule has 1 atom stereocenters. The number of rotatable bonds is 2. The number of aliphatic hydroxyl groups is 1. The van der Waals surface area contributed by atoms with Gasteiger partial charge in [-0.3, -0.25) is 0 Å². The van der Waals surface area contributed by atoms with E-state index in [0.29, 0.717) is 16.1 Å². The summed E-state index contributed by atoms with van der Waals surface area (Å²) in [5.74, 6) is -0.472. The molecule has 17 heavy (non-hydrogen) atoms. The van der Waals surface area contributed by atoms with Gasteiger partial charge in [-0.15, -0.1) is 0 Å². The molecular weight excluding hydrogens is 262 g/mol. The third-order valence-corrected chi connectivity index (χ3v) is 2.86. The average molecular weight is 271 g/mol. The zero-order valence-electron chi connectivity index (χ0n) is 8.70. The summed E-state index contributed by atoms with van der Waals surface area (Å²) in [6.07, 6.45) is -0.916. The summed E-state index contributed by atoms with van der Waals surface area (Å²) in [6.45, 7) is 0. The van der Waals surface area contributed by atoms with Gasteiger partial charge in [-0.2, -0.15) is 0 Å². The van der Waals surface area contributed by atoms with Gasteiger partial charge in [-0.05, 0) is 41.5 Å². The van der Waals surface area contributed by atoms with E-state index >= 15 is 0 Å². The maximum absolute atomic E-state index is 13.2. The standard InChI is InChI=1S/C13H9Cl2FO/c14-10-3-1-8(2-4-10)13(17)9-5-11(15)7-12(16)6-9/h1-7,13,17H/t13-/m1/s1. The number of hydrogen-bond donors (Lipinski definition) is 1. The van der Waals surface area contributed by atoms with E-state index in [1.165, 1.54) is 18.2 Å². The molecule has 0 unspecified atom stereocenters. The number of hydrogen-bond acceptors (Lipinski definition) is 1. The Kier molecular flexibility index (Phi) is 3.67. The highest BCUT2D eigenvalue weighted by Gasteiger charge is 2.12. The van der Waals surface area contributed by atoms with Gasteiger partial charge < -0.3 is 5.11 Å². The lowest BCUT2D eigenvalue weighted by molar-refractivity contribution is 0.220. The molecule has 2 rings (SSSR count). The normalized spacial score (nSPS) is 12.5. The Morgan fingerprint density at radius 3 is 2.12 bits per heavy atom. The first-order valence-electron chi connectivity index (χ1n) is 4.96. The van der Waals surface area contributed by atoms with Gasteiger partial charge in [0.1, 0.15) is 11.9 Å². The molecule has 2 aromatic rings. The molecule has 1 nitrogen and oxygen atoms in total. The molecular formula is C13H9Cl2FO. The Morgan fingerprint density at radius 2 is 1.53 bits per heavy atom. The van der Waals surface area contributed by atoms with Gasteiger partial charge in [-0.25, -0.2) is 4.39 Å². The Labute approximate surface area is 108 Å². The molecule has 0 heterocycles. The van der Waals surface area contributed by atoms with Crippen molar-refractivity contribution in [1.82, 2.24) is 0 Å². The van der Waals surface area contributed by atoms with Crippen molar-refractivity contribution >= 4 is 23.2 Å². The van der Waals surface area contributed by atoms with E-state index in [0.717, 1.165) is 0 Å². The molecule has 0 saturated heterocycles. The largest absolute Gasteiger partial charge is 0.384 e. The smallest absolute Gasteiger partial charge is 0.125 e. The highest BCUT2D eigenvalue weighted by Crippen LogP contribution is 2.26. The molecule has 2 aromatic carbocycles. The van der Waals surface area contributed by atoms with Gasteiger partial charge in [0, 0.05) is 10.0 Å². The molecule has 0 saturated carbocycles. The zero-order chi connectivity index (χ0) is 12.4. The van der Waals surface area contributed by atoms with E-state index in [9.17, 15) is 9.50 Å². The van der Waals surface area contributed by atoms with Crippen LogP contribution >= 0.6 is 23.2 Å². The second-order valence-corrected chi connectivity index (χ2v) is 4.53. The molecule has 0 aliphatic rings. The Bertz CT molecular complexity index is 505. The van der Waals surface area contributed by atoms with Crippen LogP contribution in [0.2, 0.25) is 10.0 Å².